The molecule has 0 spiro atoms. The van der Waals surface area contributed by atoms with Gasteiger partial charge in [0.05, 0.1) is 11.4 Å². The maximum atomic E-state index is 12.7. The highest BCUT2D eigenvalue weighted by molar-refractivity contribution is 6.04. The molecule has 0 radical (unpaired) electrons. The fourth-order valence-electron chi connectivity index (χ4n) is 4.44. The Morgan fingerprint density at radius 3 is 1.33 bits per heavy atom. The number of anilines is 2. The van der Waals surface area contributed by atoms with E-state index in [1.54, 1.807) is 0 Å². The summed E-state index contributed by atoms with van der Waals surface area (Å²) in [4.78, 5) is 25.3. The molecule has 0 fully saturated rings. The number of carbonyl (C=O) groups excluding carboxylic acids is 2. The largest absolute Gasteiger partial charge is 0.324 e. The Bertz CT molecular complexity index is 874. The zero-order chi connectivity index (χ0) is 25.8. The first kappa shape index (κ1) is 29.4. The third-order valence-electron chi connectivity index (χ3n) is 6.56. The molecule has 0 saturated heterocycles. The summed E-state index contributed by atoms with van der Waals surface area (Å²) in [6.45, 7) is 7.52. The van der Waals surface area contributed by atoms with Crippen LogP contribution in [-0.4, -0.2) is 11.8 Å². The van der Waals surface area contributed by atoms with E-state index < -0.39 is 0 Å². The van der Waals surface area contributed by atoms with Crippen molar-refractivity contribution in [2.45, 2.75) is 103 Å². The molecule has 2 N–H and O–H groups in total. The molecule has 2 rings (SSSR count). The van der Waals surface area contributed by atoms with Crippen molar-refractivity contribution in [2.24, 2.45) is 0 Å². The second-order valence-corrected chi connectivity index (χ2v) is 9.74. The molecule has 0 atom stereocenters. The molecule has 196 valence electrons. The van der Waals surface area contributed by atoms with Gasteiger partial charge in [0.2, 0.25) is 11.8 Å². The Kier molecular flexibility index (Phi) is 15.0. The molecule has 2 aromatic carbocycles. The monoisotopic (exact) mass is 490 g/mol. The van der Waals surface area contributed by atoms with Crippen molar-refractivity contribution in [3.05, 3.63) is 61.7 Å². The number of hydrogen-bond acceptors (Lipinski definition) is 2. The standard InChI is InChI=1S/C32H46N2O2/c1-3-5-7-9-11-13-15-17-23-31(35)33-29-25-27-21-19-20-22-28(27)26-30(29)34-32(36)24-18-16-14-12-10-8-6-4-2/h3-4,19-22,25-26H,1-2,5-18,23-24H2,(H,33,35)(H,34,36). The lowest BCUT2D eigenvalue weighted by molar-refractivity contribution is -0.117. The predicted molar refractivity (Wildman–Crippen MR) is 155 cm³/mol. The molecule has 0 unspecified atom stereocenters. The normalized spacial score (nSPS) is 10.8. The van der Waals surface area contributed by atoms with Gasteiger partial charge in [0.15, 0.2) is 0 Å². The topological polar surface area (TPSA) is 58.2 Å². The van der Waals surface area contributed by atoms with E-state index in [0.29, 0.717) is 24.2 Å². The van der Waals surface area contributed by atoms with Crippen molar-refractivity contribution in [1.29, 1.82) is 0 Å². The smallest absolute Gasteiger partial charge is 0.224 e. The number of rotatable bonds is 20. The second-order valence-electron chi connectivity index (χ2n) is 9.74. The molecule has 0 aliphatic carbocycles. The van der Waals surface area contributed by atoms with Gasteiger partial charge in [0, 0.05) is 12.8 Å². The van der Waals surface area contributed by atoms with Crippen LogP contribution in [0.4, 0.5) is 11.4 Å². The number of fused-ring (bicyclic) bond motifs is 1. The SMILES string of the molecule is C=CCCCCCCCCC(=O)Nc1cc2ccccc2cc1NC(=O)CCCCCCCCC=C. The van der Waals surface area contributed by atoms with Crippen molar-refractivity contribution >= 4 is 34.0 Å². The Labute approximate surface area is 218 Å². The minimum absolute atomic E-state index is 0.00360. The molecule has 0 saturated carbocycles. The molecule has 0 bridgehead atoms. The summed E-state index contributed by atoms with van der Waals surface area (Å²) in [5.74, 6) is 0.00721. The van der Waals surface area contributed by atoms with Crippen LogP contribution in [0.2, 0.25) is 0 Å². The molecule has 0 aliphatic heterocycles. The van der Waals surface area contributed by atoms with Gasteiger partial charge in [-0.3, -0.25) is 9.59 Å². The third kappa shape index (κ3) is 12.2. The number of benzene rings is 2. The van der Waals surface area contributed by atoms with Crippen LogP contribution in [0.25, 0.3) is 10.8 Å². The second kappa shape index (κ2) is 18.4. The van der Waals surface area contributed by atoms with Gasteiger partial charge in [0.25, 0.3) is 0 Å². The third-order valence-corrected chi connectivity index (χ3v) is 6.56. The van der Waals surface area contributed by atoms with Crippen LogP contribution in [0, 0.1) is 0 Å². The van der Waals surface area contributed by atoms with Crippen LogP contribution in [0.15, 0.2) is 61.7 Å². The summed E-state index contributed by atoms with van der Waals surface area (Å²) in [6.07, 6.45) is 20.6. The van der Waals surface area contributed by atoms with E-state index in [4.69, 9.17) is 0 Å². The summed E-state index contributed by atoms with van der Waals surface area (Å²) >= 11 is 0. The lowest BCUT2D eigenvalue weighted by Crippen LogP contribution is -2.16. The Hall–Kier alpha value is -2.88. The van der Waals surface area contributed by atoms with E-state index in [0.717, 1.165) is 62.1 Å². The van der Waals surface area contributed by atoms with Crippen LogP contribution < -0.4 is 10.6 Å². The molecular formula is C32H46N2O2. The van der Waals surface area contributed by atoms with Gasteiger partial charge in [-0.05, 0) is 61.4 Å². The molecule has 2 aromatic rings. The molecule has 4 heteroatoms. The fraction of sp³-hybridized carbons (Fsp3) is 0.500. The molecule has 0 aliphatic rings. The van der Waals surface area contributed by atoms with Crippen LogP contribution in [-0.2, 0) is 9.59 Å². The van der Waals surface area contributed by atoms with E-state index in [2.05, 4.69) is 23.8 Å². The van der Waals surface area contributed by atoms with Gasteiger partial charge in [-0.25, -0.2) is 0 Å². The number of nitrogens with one attached hydrogen (secondary N) is 2. The molecule has 0 aromatic heterocycles. The molecular weight excluding hydrogens is 444 g/mol. The number of unbranched alkanes of at least 4 members (excludes halogenated alkanes) is 12. The summed E-state index contributed by atoms with van der Waals surface area (Å²) in [5, 5.41) is 8.20. The number of amides is 2. The van der Waals surface area contributed by atoms with E-state index >= 15 is 0 Å². The minimum atomic E-state index is 0.00360. The maximum Gasteiger partial charge on any atom is 0.224 e. The minimum Gasteiger partial charge on any atom is -0.324 e. The number of carbonyl (C=O) groups is 2. The Balaban J connectivity index is 1.82. The number of hydrogen-bond donors (Lipinski definition) is 2. The van der Waals surface area contributed by atoms with Gasteiger partial charge < -0.3 is 10.6 Å². The van der Waals surface area contributed by atoms with Gasteiger partial charge in [-0.15, -0.1) is 13.2 Å². The van der Waals surface area contributed by atoms with Gasteiger partial charge >= 0.3 is 0 Å². The van der Waals surface area contributed by atoms with E-state index in [1.165, 1.54) is 38.5 Å². The highest BCUT2D eigenvalue weighted by atomic mass is 16.2. The Morgan fingerprint density at radius 2 is 0.944 bits per heavy atom. The van der Waals surface area contributed by atoms with Crippen molar-refractivity contribution in [1.82, 2.24) is 0 Å². The quantitative estimate of drug-likeness (QED) is 0.143. The molecule has 36 heavy (non-hydrogen) atoms. The summed E-state index contributed by atoms with van der Waals surface area (Å²) < 4.78 is 0. The first-order valence-corrected chi connectivity index (χ1v) is 14.0. The van der Waals surface area contributed by atoms with Gasteiger partial charge in [-0.1, -0.05) is 87.8 Å². The zero-order valence-electron chi connectivity index (χ0n) is 22.2. The lowest BCUT2D eigenvalue weighted by Gasteiger charge is -2.14. The first-order valence-electron chi connectivity index (χ1n) is 14.0. The fourth-order valence-corrected chi connectivity index (χ4v) is 4.44. The Morgan fingerprint density at radius 1 is 0.583 bits per heavy atom. The highest BCUT2D eigenvalue weighted by Gasteiger charge is 2.12. The van der Waals surface area contributed by atoms with Crippen molar-refractivity contribution in [3.8, 4) is 0 Å². The van der Waals surface area contributed by atoms with Crippen molar-refractivity contribution in [2.75, 3.05) is 10.6 Å². The van der Waals surface area contributed by atoms with E-state index in [9.17, 15) is 9.59 Å². The summed E-state index contributed by atoms with van der Waals surface area (Å²) in [5.41, 5.74) is 1.36. The van der Waals surface area contributed by atoms with Gasteiger partial charge in [0.1, 0.15) is 0 Å². The highest BCUT2D eigenvalue weighted by Crippen LogP contribution is 2.29. The maximum absolute atomic E-state index is 12.7. The zero-order valence-corrected chi connectivity index (χ0v) is 22.2. The van der Waals surface area contributed by atoms with Crippen LogP contribution in [0.5, 0.6) is 0 Å². The summed E-state index contributed by atoms with van der Waals surface area (Å²) in [7, 11) is 0. The molecule has 4 nitrogen and oxygen atoms in total. The van der Waals surface area contributed by atoms with Crippen LogP contribution in [0.3, 0.4) is 0 Å². The van der Waals surface area contributed by atoms with Gasteiger partial charge in [-0.2, -0.15) is 0 Å². The number of allylic oxidation sites excluding steroid dienone is 2. The average Bonchev–Trinajstić information content (AvgIpc) is 2.87. The average molecular weight is 491 g/mol. The predicted octanol–water partition coefficient (Wildman–Crippen LogP) is 9.33. The van der Waals surface area contributed by atoms with Crippen molar-refractivity contribution in [3.63, 3.8) is 0 Å². The van der Waals surface area contributed by atoms with Crippen LogP contribution in [0.1, 0.15) is 103 Å². The lowest BCUT2D eigenvalue weighted by atomic mass is 10.1. The van der Waals surface area contributed by atoms with E-state index in [1.807, 2.05) is 48.6 Å². The van der Waals surface area contributed by atoms with E-state index in [-0.39, 0.29) is 11.8 Å². The molecule has 0 heterocycles. The first-order chi connectivity index (χ1) is 17.6. The van der Waals surface area contributed by atoms with Crippen molar-refractivity contribution < 1.29 is 9.59 Å². The van der Waals surface area contributed by atoms with Crippen LogP contribution >= 0.6 is 0 Å². The molecule has 2 amide bonds. The summed E-state index contributed by atoms with van der Waals surface area (Å²) in [6, 6.07) is 11.9.